The van der Waals surface area contributed by atoms with Crippen molar-refractivity contribution >= 4 is 11.9 Å². The number of carbonyl (C=O) groups is 2. The molecule has 0 N–H and O–H groups in total. The summed E-state index contributed by atoms with van der Waals surface area (Å²) >= 11 is 0. The van der Waals surface area contributed by atoms with Gasteiger partial charge < -0.3 is 9.64 Å². The Labute approximate surface area is 103 Å². The van der Waals surface area contributed by atoms with Gasteiger partial charge in [-0.25, -0.2) is 4.79 Å². The van der Waals surface area contributed by atoms with Crippen molar-refractivity contribution in [2.75, 3.05) is 6.54 Å². The highest BCUT2D eigenvalue weighted by Gasteiger charge is 2.32. The number of Topliss-reactive ketones (excluding diaryl/α,β-unsaturated/α-hetero) is 1. The van der Waals surface area contributed by atoms with E-state index in [1.165, 1.54) is 0 Å². The molecule has 1 aliphatic rings. The van der Waals surface area contributed by atoms with Crippen molar-refractivity contribution in [1.29, 1.82) is 0 Å². The minimum atomic E-state index is -0.477. The average Bonchev–Trinajstić information content (AvgIpc) is 2.15. The lowest BCUT2D eigenvalue weighted by molar-refractivity contribution is -0.123. The summed E-state index contributed by atoms with van der Waals surface area (Å²) in [6.45, 7) is 8.13. The SMILES string of the molecule is CCC[C@H]1CC(=O)CCN1C(=O)OC(C)(C)C. The summed E-state index contributed by atoms with van der Waals surface area (Å²) in [5.41, 5.74) is -0.477. The fourth-order valence-corrected chi connectivity index (χ4v) is 2.05. The van der Waals surface area contributed by atoms with Crippen LogP contribution >= 0.6 is 0 Å². The predicted molar refractivity (Wildman–Crippen MR) is 65.9 cm³/mol. The van der Waals surface area contributed by atoms with E-state index in [0.717, 1.165) is 12.8 Å². The standard InChI is InChI=1S/C13H23NO3/c1-5-6-10-9-11(15)7-8-14(10)12(16)17-13(2,3)4/h10H,5-9H2,1-4H3/t10-/m0/s1. The van der Waals surface area contributed by atoms with E-state index in [1.54, 1.807) is 4.90 Å². The summed E-state index contributed by atoms with van der Waals surface area (Å²) in [7, 11) is 0. The van der Waals surface area contributed by atoms with E-state index >= 15 is 0 Å². The molecule has 0 bridgehead atoms. The number of amides is 1. The molecule has 1 saturated heterocycles. The molecule has 17 heavy (non-hydrogen) atoms. The minimum absolute atomic E-state index is 0.0242. The van der Waals surface area contributed by atoms with Gasteiger partial charge in [-0.3, -0.25) is 4.79 Å². The number of nitrogens with zero attached hydrogens (tertiary/aromatic N) is 1. The summed E-state index contributed by atoms with van der Waals surface area (Å²) in [6.07, 6.45) is 2.48. The van der Waals surface area contributed by atoms with Crippen molar-refractivity contribution in [3.63, 3.8) is 0 Å². The lowest BCUT2D eigenvalue weighted by Gasteiger charge is -2.36. The van der Waals surface area contributed by atoms with Crippen LogP contribution in [-0.2, 0) is 9.53 Å². The first-order valence-corrected chi connectivity index (χ1v) is 6.35. The lowest BCUT2D eigenvalue weighted by Crippen LogP contribution is -2.48. The molecule has 0 aromatic heterocycles. The molecule has 1 heterocycles. The molecule has 1 aliphatic heterocycles. The second kappa shape index (κ2) is 5.52. The molecule has 0 radical (unpaired) electrons. The normalized spacial score (nSPS) is 21.5. The van der Waals surface area contributed by atoms with Crippen LogP contribution in [0.4, 0.5) is 4.79 Å². The smallest absolute Gasteiger partial charge is 0.410 e. The van der Waals surface area contributed by atoms with Gasteiger partial charge in [0.15, 0.2) is 0 Å². The number of likely N-dealkylation sites (tertiary alicyclic amines) is 1. The molecular weight excluding hydrogens is 218 g/mol. The molecule has 1 amide bonds. The predicted octanol–water partition coefficient (Wildman–Crippen LogP) is 2.76. The van der Waals surface area contributed by atoms with E-state index in [4.69, 9.17) is 4.74 Å². The number of carbonyl (C=O) groups excluding carboxylic acids is 2. The van der Waals surface area contributed by atoms with E-state index in [-0.39, 0.29) is 17.9 Å². The van der Waals surface area contributed by atoms with Gasteiger partial charge in [0.1, 0.15) is 11.4 Å². The van der Waals surface area contributed by atoms with Gasteiger partial charge in [0, 0.05) is 25.4 Å². The van der Waals surface area contributed by atoms with Crippen LogP contribution < -0.4 is 0 Å². The van der Waals surface area contributed by atoms with Crippen LogP contribution in [0.25, 0.3) is 0 Å². The van der Waals surface area contributed by atoms with Crippen molar-refractivity contribution < 1.29 is 14.3 Å². The molecule has 0 aromatic carbocycles. The summed E-state index contributed by atoms with van der Waals surface area (Å²) < 4.78 is 5.36. The quantitative estimate of drug-likeness (QED) is 0.746. The molecule has 0 saturated carbocycles. The molecule has 1 rings (SSSR count). The van der Waals surface area contributed by atoms with E-state index in [0.29, 0.717) is 19.4 Å². The Bertz CT molecular complexity index is 294. The Hall–Kier alpha value is -1.06. The van der Waals surface area contributed by atoms with Crippen molar-refractivity contribution in [1.82, 2.24) is 4.90 Å². The second-order valence-corrected chi connectivity index (χ2v) is 5.61. The summed E-state index contributed by atoms with van der Waals surface area (Å²) in [5, 5.41) is 0. The zero-order valence-corrected chi connectivity index (χ0v) is 11.3. The maximum absolute atomic E-state index is 12.0. The van der Waals surface area contributed by atoms with Crippen LogP contribution in [0.2, 0.25) is 0 Å². The van der Waals surface area contributed by atoms with Gasteiger partial charge in [0.2, 0.25) is 0 Å². The fourth-order valence-electron chi connectivity index (χ4n) is 2.05. The fraction of sp³-hybridized carbons (Fsp3) is 0.846. The van der Waals surface area contributed by atoms with Crippen LogP contribution in [0.15, 0.2) is 0 Å². The zero-order valence-electron chi connectivity index (χ0n) is 11.3. The van der Waals surface area contributed by atoms with E-state index in [9.17, 15) is 9.59 Å². The van der Waals surface area contributed by atoms with E-state index in [1.807, 2.05) is 20.8 Å². The van der Waals surface area contributed by atoms with Gasteiger partial charge in [-0.2, -0.15) is 0 Å². The van der Waals surface area contributed by atoms with Crippen molar-refractivity contribution in [3.8, 4) is 0 Å². The summed E-state index contributed by atoms with van der Waals surface area (Å²) in [5.74, 6) is 0.253. The molecular formula is C13H23NO3. The van der Waals surface area contributed by atoms with Crippen LogP contribution in [-0.4, -0.2) is 35.0 Å². The Morgan fingerprint density at radius 1 is 1.47 bits per heavy atom. The topological polar surface area (TPSA) is 46.6 Å². The number of ketones is 1. The molecule has 0 spiro atoms. The first-order valence-electron chi connectivity index (χ1n) is 6.35. The number of piperidine rings is 1. The van der Waals surface area contributed by atoms with Gasteiger partial charge >= 0.3 is 6.09 Å². The van der Waals surface area contributed by atoms with Crippen molar-refractivity contribution in [2.24, 2.45) is 0 Å². The molecule has 1 atom stereocenters. The summed E-state index contributed by atoms with van der Waals surface area (Å²) in [4.78, 5) is 25.1. The third-order valence-corrected chi connectivity index (χ3v) is 2.79. The van der Waals surface area contributed by atoms with E-state index < -0.39 is 5.60 Å². The molecule has 98 valence electrons. The second-order valence-electron chi connectivity index (χ2n) is 5.61. The first kappa shape index (κ1) is 14.0. The van der Waals surface area contributed by atoms with Gasteiger partial charge in [-0.15, -0.1) is 0 Å². The maximum atomic E-state index is 12.0. The Morgan fingerprint density at radius 3 is 2.65 bits per heavy atom. The minimum Gasteiger partial charge on any atom is -0.444 e. The van der Waals surface area contributed by atoms with Crippen LogP contribution in [0.1, 0.15) is 53.4 Å². The molecule has 1 fully saturated rings. The number of hydrogen-bond acceptors (Lipinski definition) is 3. The summed E-state index contributed by atoms with van der Waals surface area (Å²) in [6, 6.07) is 0.0242. The van der Waals surface area contributed by atoms with Gasteiger partial charge in [-0.1, -0.05) is 13.3 Å². The molecule has 0 aliphatic carbocycles. The third-order valence-electron chi connectivity index (χ3n) is 2.79. The monoisotopic (exact) mass is 241 g/mol. The average molecular weight is 241 g/mol. The van der Waals surface area contributed by atoms with E-state index in [2.05, 4.69) is 6.92 Å². The molecule has 4 nitrogen and oxygen atoms in total. The van der Waals surface area contributed by atoms with Crippen LogP contribution in [0.3, 0.4) is 0 Å². The molecule has 0 aromatic rings. The zero-order chi connectivity index (χ0) is 13.1. The number of rotatable bonds is 2. The highest BCUT2D eigenvalue weighted by Crippen LogP contribution is 2.21. The molecule has 4 heteroatoms. The van der Waals surface area contributed by atoms with Gasteiger partial charge in [0.25, 0.3) is 0 Å². The lowest BCUT2D eigenvalue weighted by atomic mass is 9.98. The van der Waals surface area contributed by atoms with Crippen LogP contribution in [0, 0.1) is 0 Å². The highest BCUT2D eigenvalue weighted by molar-refractivity contribution is 5.82. The van der Waals surface area contributed by atoms with Crippen molar-refractivity contribution in [3.05, 3.63) is 0 Å². The Morgan fingerprint density at radius 2 is 2.12 bits per heavy atom. The highest BCUT2D eigenvalue weighted by atomic mass is 16.6. The number of hydrogen-bond donors (Lipinski definition) is 0. The number of ether oxygens (including phenoxy) is 1. The Kier molecular flexibility index (Phi) is 4.54. The largest absolute Gasteiger partial charge is 0.444 e. The van der Waals surface area contributed by atoms with Crippen LogP contribution in [0.5, 0.6) is 0 Å². The maximum Gasteiger partial charge on any atom is 0.410 e. The van der Waals surface area contributed by atoms with Gasteiger partial charge in [0.05, 0.1) is 0 Å². The van der Waals surface area contributed by atoms with Gasteiger partial charge in [-0.05, 0) is 27.2 Å². The molecule has 0 unspecified atom stereocenters. The first-order chi connectivity index (χ1) is 7.83. The third kappa shape index (κ3) is 4.36. The Balaban J connectivity index is 2.66. The van der Waals surface area contributed by atoms with Crippen molar-refractivity contribution in [2.45, 2.75) is 65.0 Å².